The van der Waals surface area contributed by atoms with E-state index in [0.717, 1.165) is 0 Å². The van der Waals surface area contributed by atoms with Gasteiger partial charge in [-0.3, -0.25) is 0 Å². The zero-order valence-corrected chi connectivity index (χ0v) is 10.7. The van der Waals surface area contributed by atoms with E-state index in [0.29, 0.717) is 0 Å². The Balaban J connectivity index is 3.03. The molecule has 0 aromatic heterocycles. The van der Waals surface area contributed by atoms with Crippen LogP contribution in [0.3, 0.4) is 0 Å². The van der Waals surface area contributed by atoms with Crippen LogP contribution in [0.2, 0.25) is 0 Å². The SMILES string of the molecule is CC(O)(CO)CNc1ccc(N)cc1S(N)(=O)=O. The fourth-order valence-corrected chi connectivity index (χ4v) is 2.01. The lowest BCUT2D eigenvalue weighted by atomic mass is 10.1. The number of nitrogens with one attached hydrogen (secondary N) is 1. The van der Waals surface area contributed by atoms with E-state index in [1.165, 1.54) is 25.1 Å². The van der Waals surface area contributed by atoms with Gasteiger partial charge in [-0.2, -0.15) is 0 Å². The molecular weight excluding hydrogens is 258 g/mol. The molecule has 0 aliphatic carbocycles. The molecule has 1 aromatic carbocycles. The van der Waals surface area contributed by atoms with Crippen LogP contribution in [-0.4, -0.2) is 37.4 Å². The van der Waals surface area contributed by atoms with Crippen LogP contribution in [0.4, 0.5) is 11.4 Å². The van der Waals surface area contributed by atoms with Gasteiger partial charge in [0.25, 0.3) is 0 Å². The number of nitrogen functional groups attached to an aromatic ring is 1. The smallest absolute Gasteiger partial charge is 0.240 e. The normalized spacial score (nSPS) is 15.1. The molecule has 1 aromatic rings. The number of aliphatic hydroxyl groups excluding tert-OH is 1. The molecule has 0 amide bonds. The average Bonchev–Trinajstić information content (AvgIpc) is 2.26. The van der Waals surface area contributed by atoms with Crippen LogP contribution in [-0.2, 0) is 10.0 Å². The molecule has 8 heteroatoms. The van der Waals surface area contributed by atoms with Gasteiger partial charge in [-0.1, -0.05) is 0 Å². The lowest BCUT2D eigenvalue weighted by molar-refractivity contribution is 0.0132. The van der Waals surface area contributed by atoms with E-state index in [4.69, 9.17) is 16.0 Å². The van der Waals surface area contributed by atoms with Gasteiger partial charge in [0, 0.05) is 12.2 Å². The Kier molecular flexibility index (Phi) is 4.17. The fourth-order valence-electron chi connectivity index (χ4n) is 1.26. The maximum atomic E-state index is 11.4. The topological polar surface area (TPSA) is 139 Å². The fraction of sp³-hybridized carbons (Fsp3) is 0.400. The van der Waals surface area contributed by atoms with Gasteiger partial charge in [-0.05, 0) is 25.1 Å². The number of primary sulfonamides is 1. The Morgan fingerprint density at radius 3 is 2.56 bits per heavy atom. The molecule has 0 heterocycles. The van der Waals surface area contributed by atoms with Crippen LogP contribution in [0.15, 0.2) is 23.1 Å². The zero-order valence-electron chi connectivity index (χ0n) is 9.92. The first kappa shape index (κ1) is 14.7. The van der Waals surface area contributed by atoms with Crippen molar-refractivity contribution >= 4 is 21.4 Å². The summed E-state index contributed by atoms with van der Waals surface area (Å²) in [6.07, 6.45) is 0. The predicted octanol–water partition coefficient (Wildman–Crippen LogP) is -0.929. The van der Waals surface area contributed by atoms with Gasteiger partial charge >= 0.3 is 0 Å². The molecule has 102 valence electrons. The average molecular weight is 275 g/mol. The van der Waals surface area contributed by atoms with Crippen LogP contribution in [0.25, 0.3) is 0 Å². The highest BCUT2D eigenvalue weighted by molar-refractivity contribution is 7.89. The van der Waals surface area contributed by atoms with Gasteiger partial charge in [0.2, 0.25) is 10.0 Å². The third-order valence-electron chi connectivity index (χ3n) is 2.31. The maximum Gasteiger partial charge on any atom is 0.240 e. The molecule has 0 saturated heterocycles. The number of benzene rings is 1. The van der Waals surface area contributed by atoms with Crippen LogP contribution < -0.4 is 16.2 Å². The third-order valence-corrected chi connectivity index (χ3v) is 3.26. The standard InChI is InChI=1S/C10H17N3O4S/c1-10(15,6-14)5-13-8-3-2-7(11)4-9(8)18(12,16)17/h2-4,13-15H,5-6,11H2,1H3,(H2,12,16,17). The summed E-state index contributed by atoms with van der Waals surface area (Å²) in [6, 6.07) is 4.18. The summed E-state index contributed by atoms with van der Waals surface area (Å²) < 4.78 is 22.7. The molecule has 0 bridgehead atoms. The van der Waals surface area contributed by atoms with Crippen molar-refractivity contribution in [1.82, 2.24) is 0 Å². The Labute approximate surface area is 105 Å². The summed E-state index contributed by atoms with van der Waals surface area (Å²) in [7, 11) is -3.92. The monoisotopic (exact) mass is 275 g/mol. The Morgan fingerprint density at radius 2 is 2.06 bits per heavy atom. The molecule has 18 heavy (non-hydrogen) atoms. The summed E-state index contributed by atoms with van der Waals surface area (Å²) in [5.74, 6) is 0. The highest BCUT2D eigenvalue weighted by Gasteiger charge is 2.21. The van der Waals surface area contributed by atoms with Gasteiger partial charge in [-0.25, -0.2) is 13.6 Å². The number of rotatable bonds is 5. The van der Waals surface area contributed by atoms with E-state index in [1.54, 1.807) is 0 Å². The van der Waals surface area contributed by atoms with Crippen molar-refractivity contribution in [1.29, 1.82) is 0 Å². The number of nitrogens with two attached hydrogens (primary N) is 2. The minimum absolute atomic E-state index is 0.0318. The number of sulfonamides is 1. The van der Waals surface area contributed by atoms with Crippen LogP contribution in [0.1, 0.15) is 6.92 Å². The van der Waals surface area contributed by atoms with Gasteiger partial charge < -0.3 is 21.3 Å². The minimum atomic E-state index is -3.92. The Hall–Kier alpha value is -1.35. The summed E-state index contributed by atoms with van der Waals surface area (Å²) >= 11 is 0. The van der Waals surface area contributed by atoms with Crippen molar-refractivity contribution < 1.29 is 18.6 Å². The molecule has 1 atom stereocenters. The molecule has 1 unspecified atom stereocenters. The van der Waals surface area contributed by atoms with Gasteiger partial charge in [0.1, 0.15) is 10.5 Å². The van der Waals surface area contributed by atoms with Gasteiger partial charge in [-0.15, -0.1) is 0 Å². The Bertz CT molecular complexity index is 528. The van der Waals surface area contributed by atoms with E-state index < -0.39 is 22.2 Å². The van der Waals surface area contributed by atoms with Crippen molar-refractivity contribution in [2.75, 3.05) is 24.2 Å². The summed E-state index contributed by atoms with van der Waals surface area (Å²) in [5, 5.41) is 26.3. The van der Waals surface area contributed by atoms with Crippen molar-refractivity contribution in [3.8, 4) is 0 Å². The third kappa shape index (κ3) is 3.84. The zero-order chi connectivity index (χ0) is 14.0. The van der Waals surface area contributed by atoms with E-state index in [1.807, 2.05) is 0 Å². The van der Waals surface area contributed by atoms with Crippen LogP contribution in [0, 0.1) is 0 Å². The Morgan fingerprint density at radius 1 is 1.44 bits per heavy atom. The van der Waals surface area contributed by atoms with E-state index in [9.17, 15) is 13.5 Å². The summed E-state index contributed by atoms with van der Waals surface area (Å²) in [6.45, 7) is 0.920. The second kappa shape index (κ2) is 5.11. The van der Waals surface area contributed by atoms with Crippen molar-refractivity contribution in [2.24, 2.45) is 5.14 Å². The first-order chi connectivity index (χ1) is 8.15. The first-order valence-electron chi connectivity index (χ1n) is 5.15. The molecular formula is C10H17N3O4S. The van der Waals surface area contributed by atoms with Gasteiger partial charge in [0.05, 0.1) is 12.3 Å². The van der Waals surface area contributed by atoms with Crippen LogP contribution in [0.5, 0.6) is 0 Å². The van der Waals surface area contributed by atoms with E-state index >= 15 is 0 Å². The molecule has 0 aliphatic rings. The molecule has 1 rings (SSSR count). The van der Waals surface area contributed by atoms with Gasteiger partial charge in [0.15, 0.2) is 0 Å². The molecule has 0 radical (unpaired) electrons. The lowest BCUT2D eigenvalue weighted by Crippen LogP contribution is -2.37. The second-order valence-corrected chi connectivity index (χ2v) is 5.84. The first-order valence-corrected chi connectivity index (χ1v) is 6.70. The largest absolute Gasteiger partial charge is 0.399 e. The molecule has 7 N–H and O–H groups in total. The molecule has 7 nitrogen and oxygen atoms in total. The number of hydrogen-bond donors (Lipinski definition) is 5. The highest BCUT2D eigenvalue weighted by Crippen LogP contribution is 2.23. The van der Waals surface area contributed by atoms with Crippen LogP contribution >= 0.6 is 0 Å². The van der Waals surface area contributed by atoms with E-state index in [2.05, 4.69) is 5.32 Å². The van der Waals surface area contributed by atoms with Crippen molar-refractivity contribution in [3.05, 3.63) is 18.2 Å². The number of hydrogen-bond acceptors (Lipinski definition) is 6. The molecule has 0 aliphatic heterocycles. The summed E-state index contributed by atoms with van der Waals surface area (Å²) in [5.41, 5.74) is 4.62. The van der Waals surface area contributed by atoms with Crippen molar-refractivity contribution in [3.63, 3.8) is 0 Å². The predicted molar refractivity (Wildman–Crippen MR) is 68.4 cm³/mol. The lowest BCUT2D eigenvalue weighted by Gasteiger charge is -2.22. The number of aliphatic hydroxyl groups is 2. The van der Waals surface area contributed by atoms with E-state index in [-0.39, 0.29) is 22.8 Å². The highest BCUT2D eigenvalue weighted by atomic mass is 32.2. The molecule has 0 saturated carbocycles. The summed E-state index contributed by atoms with van der Waals surface area (Å²) in [4.78, 5) is -0.156. The second-order valence-electron chi connectivity index (χ2n) is 4.31. The van der Waals surface area contributed by atoms with Crippen molar-refractivity contribution in [2.45, 2.75) is 17.4 Å². The maximum absolute atomic E-state index is 11.4. The quantitative estimate of drug-likeness (QED) is 0.440. The minimum Gasteiger partial charge on any atom is -0.399 e. The molecule has 0 spiro atoms. The molecule has 0 fully saturated rings. The number of anilines is 2.